The molecule has 7 heteroatoms. The molecule has 0 aliphatic heterocycles. The molecule has 0 aliphatic rings. The number of hydrogen-bond donors (Lipinski definition) is 1. The van der Waals surface area contributed by atoms with E-state index in [0.29, 0.717) is 22.5 Å². The number of anilines is 1. The highest BCUT2D eigenvalue weighted by Crippen LogP contribution is 2.30. The first-order valence-corrected chi connectivity index (χ1v) is 7.76. The van der Waals surface area contributed by atoms with Crippen LogP contribution in [0.5, 0.6) is 0 Å². The van der Waals surface area contributed by atoms with Crippen LogP contribution in [0.1, 0.15) is 4.88 Å². The van der Waals surface area contributed by atoms with Gasteiger partial charge in [-0.2, -0.15) is 0 Å². The summed E-state index contributed by atoms with van der Waals surface area (Å²) in [5.74, 6) is 0.456. The topological polar surface area (TPSA) is 43.8 Å². The molecular weight excluding hydrogens is 369 g/mol. The number of nitrogens with two attached hydrogens (primary N) is 1. The van der Waals surface area contributed by atoms with Crippen LogP contribution in [0.3, 0.4) is 0 Å². The molecule has 0 radical (unpaired) electrons. The van der Waals surface area contributed by atoms with Crippen molar-refractivity contribution in [3.8, 4) is 0 Å². The number of aromatic nitrogens is 2. The van der Waals surface area contributed by atoms with Crippen LogP contribution in [-0.4, -0.2) is 9.55 Å². The molecule has 2 heterocycles. The highest BCUT2D eigenvalue weighted by Gasteiger charge is 2.12. The minimum Gasteiger partial charge on any atom is -0.369 e. The number of halogens is 3. The Bertz CT molecular complexity index is 766. The van der Waals surface area contributed by atoms with E-state index in [0.717, 1.165) is 14.8 Å². The highest BCUT2D eigenvalue weighted by atomic mass is 79.9. The van der Waals surface area contributed by atoms with Gasteiger partial charge in [0, 0.05) is 4.88 Å². The van der Waals surface area contributed by atoms with Crippen molar-refractivity contribution in [2.24, 2.45) is 0 Å². The molecule has 0 saturated carbocycles. The summed E-state index contributed by atoms with van der Waals surface area (Å²) in [7, 11) is 0. The first kappa shape index (κ1) is 13.2. The van der Waals surface area contributed by atoms with Crippen LogP contribution in [0, 0.1) is 0 Å². The number of benzene rings is 1. The third-order valence-electron chi connectivity index (χ3n) is 2.76. The third-order valence-corrected chi connectivity index (χ3v) is 5.09. The molecular formula is C12H8BrCl2N3S. The maximum absolute atomic E-state index is 6.06. The molecule has 0 amide bonds. The number of fused-ring (bicyclic) bond motifs is 1. The van der Waals surface area contributed by atoms with Gasteiger partial charge in [0.2, 0.25) is 5.95 Å². The van der Waals surface area contributed by atoms with Gasteiger partial charge in [-0.05, 0) is 40.2 Å². The fourth-order valence-electron chi connectivity index (χ4n) is 1.90. The SMILES string of the molecule is Nc1nc2cc(Cl)c(Cl)cc2n1Cc1ccc(Br)s1. The van der Waals surface area contributed by atoms with E-state index < -0.39 is 0 Å². The summed E-state index contributed by atoms with van der Waals surface area (Å²) in [6.07, 6.45) is 0. The summed E-state index contributed by atoms with van der Waals surface area (Å²) in [6.45, 7) is 0.663. The molecule has 0 fully saturated rings. The van der Waals surface area contributed by atoms with E-state index in [4.69, 9.17) is 28.9 Å². The van der Waals surface area contributed by atoms with Gasteiger partial charge in [0.1, 0.15) is 0 Å². The minimum absolute atomic E-state index is 0.456. The molecule has 3 rings (SSSR count). The Morgan fingerprint density at radius 1 is 1.26 bits per heavy atom. The van der Waals surface area contributed by atoms with E-state index in [1.165, 1.54) is 4.88 Å². The number of nitrogen functional groups attached to an aromatic ring is 1. The molecule has 3 nitrogen and oxygen atoms in total. The largest absolute Gasteiger partial charge is 0.369 e. The molecule has 0 bridgehead atoms. The molecule has 0 unspecified atom stereocenters. The second-order valence-corrected chi connectivity index (χ2v) is 7.38. The average Bonchev–Trinajstić information content (AvgIpc) is 2.87. The van der Waals surface area contributed by atoms with Gasteiger partial charge in [-0.25, -0.2) is 4.98 Å². The van der Waals surface area contributed by atoms with Crippen molar-refractivity contribution in [3.05, 3.63) is 43.0 Å². The lowest BCUT2D eigenvalue weighted by Gasteiger charge is -2.05. The first-order valence-electron chi connectivity index (χ1n) is 5.39. The number of imidazole rings is 1. The summed E-state index contributed by atoms with van der Waals surface area (Å²) in [6, 6.07) is 7.60. The Kier molecular flexibility index (Phi) is 3.47. The summed E-state index contributed by atoms with van der Waals surface area (Å²) >= 11 is 17.2. The Hall–Kier alpha value is -0.750. The third kappa shape index (κ3) is 2.48. The maximum Gasteiger partial charge on any atom is 0.201 e. The smallest absolute Gasteiger partial charge is 0.201 e. The molecule has 0 atom stereocenters. The monoisotopic (exact) mass is 375 g/mol. The Morgan fingerprint density at radius 3 is 2.68 bits per heavy atom. The normalized spacial score (nSPS) is 11.3. The molecule has 3 aromatic rings. The van der Waals surface area contributed by atoms with E-state index in [1.54, 1.807) is 23.5 Å². The predicted molar refractivity (Wildman–Crippen MR) is 85.3 cm³/mol. The molecule has 98 valence electrons. The van der Waals surface area contributed by atoms with Gasteiger partial charge in [0.05, 0.1) is 31.4 Å². The van der Waals surface area contributed by atoms with Crippen LogP contribution < -0.4 is 5.73 Å². The molecule has 2 aromatic heterocycles. The van der Waals surface area contributed by atoms with Crippen molar-refractivity contribution < 1.29 is 0 Å². The number of nitrogens with zero attached hydrogens (tertiary/aromatic N) is 2. The number of thiophene rings is 1. The quantitative estimate of drug-likeness (QED) is 0.698. The van der Waals surface area contributed by atoms with Crippen LogP contribution in [0.2, 0.25) is 10.0 Å². The van der Waals surface area contributed by atoms with Crippen LogP contribution in [0.25, 0.3) is 11.0 Å². The molecule has 0 spiro atoms. The molecule has 2 N–H and O–H groups in total. The fourth-order valence-corrected chi connectivity index (χ4v) is 3.69. The molecule has 1 aromatic carbocycles. The lowest BCUT2D eigenvalue weighted by Crippen LogP contribution is -2.03. The van der Waals surface area contributed by atoms with Gasteiger partial charge >= 0.3 is 0 Å². The Labute approximate surface area is 132 Å². The van der Waals surface area contributed by atoms with E-state index >= 15 is 0 Å². The van der Waals surface area contributed by atoms with Crippen molar-refractivity contribution in [1.82, 2.24) is 9.55 Å². The zero-order valence-corrected chi connectivity index (χ0v) is 13.4. The first-order chi connectivity index (χ1) is 9.04. The predicted octanol–water partition coefficient (Wildman–Crippen LogP) is 4.80. The summed E-state index contributed by atoms with van der Waals surface area (Å²) < 4.78 is 3.02. The van der Waals surface area contributed by atoms with Crippen LogP contribution >= 0.6 is 50.5 Å². The van der Waals surface area contributed by atoms with E-state index in [9.17, 15) is 0 Å². The van der Waals surface area contributed by atoms with Gasteiger partial charge in [0.25, 0.3) is 0 Å². The summed E-state index contributed by atoms with van der Waals surface area (Å²) in [5.41, 5.74) is 7.60. The van der Waals surface area contributed by atoms with Crippen LogP contribution in [0.4, 0.5) is 5.95 Å². The van der Waals surface area contributed by atoms with Crippen molar-refractivity contribution in [3.63, 3.8) is 0 Å². The van der Waals surface area contributed by atoms with Gasteiger partial charge in [0.15, 0.2) is 0 Å². The highest BCUT2D eigenvalue weighted by molar-refractivity contribution is 9.11. The van der Waals surface area contributed by atoms with E-state index in [-0.39, 0.29) is 0 Å². The van der Waals surface area contributed by atoms with E-state index in [2.05, 4.69) is 27.0 Å². The second kappa shape index (κ2) is 4.98. The lowest BCUT2D eigenvalue weighted by atomic mass is 10.3. The molecule has 0 aliphatic carbocycles. The standard InChI is InChI=1S/C12H8BrCl2N3S/c13-11-2-1-6(19-11)5-18-10-4-8(15)7(14)3-9(10)17-12(18)16/h1-4H,5H2,(H2,16,17). The van der Waals surface area contributed by atoms with Gasteiger partial charge in [-0.15, -0.1) is 11.3 Å². The maximum atomic E-state index is 6.06. The van der Waals surface area contributed by atoms with Crippen molar-refractivity contribution >= 4 is 67.5 Å². The van der Waals surface area contributed by atoms with Gasteiger partial charge in [-0.3, -0.25) is 0 Å². The zero-order valence-electron chi connectivity index (χ0n) is 9.53. The molecule has 19 heavy (non-hydrogen) atoms. The van der Waals surface area contributed by atoms with Crippen molar-refractivity contribution in [1.29, 1.82) is 0 Å². The van der Waals surface area contributed by atoms with Crippen molar-refractivity contribution in [2.75, 3.05) is 5.73 Å². The average molecular weight is 377 g/mol. The van der Waals surface area contributed by atoms with Crippen LogP contribution in [-0.2, 0) is 6.54 Å². The van der Waals surface area contributed by atoms with Gasteiger partial charge in [-0.1, -0.05) is 23.2 Å². The van der Waals surface area contributed by atoms with Crippen LogP contribution in [0.15, 0.2) is 28.1 Å². The van der Waals surface area contributed by atoms with E-state index in [1.807, 2.05) is 10.6 Å². The molecule has 0 saturated heterocycles. The summed E-state index contributed by atoms with van der Waals surface area (Å²) in [4.78, 5) is 5.49. The lowest BCUT2D eigenvalue weighted by molar-refractivity contribution is 0.853. The van der Waals surface area contributed by atoms with Gasteiger partial charge < -0.3 is 10.3 Å². The number of rotatable bonds is 2. The Morgan fingerprint density at radius 2 is 2.00 bits per heavy atom. The fraction of sp³-hybridized carbons (Fsp3) is 0.0833. The van der Waals surface area contributed by atoms with Crippen molar-refractivity contribution in [2.45, 2.75) is 6.54 Å². The zero-order chi connectivity index (χ0) is 13.6. The minimum atomic E-state index is 0.456. The second-order valence-electron chi connectivity index (χ2n) is 4.02. The number of hydrogen-bond acceptors (Lipinski definition) is 3. The Balaban J connectivity index is 2.12. The summed E-state index contributed by atoms with van der Waals surface area (Å²) in [5, 5.41) is 0.986.